The predicted octanol–water partition coefficient (Wildman–Crippen LogP) is 1.27. The Labute approximate surface area is 121 Å². The molecule has 0 aromatic heterocycles. The molecule has 0 amide bonds. The first-order valence-corrected chi connectivity index (χ1v) is 4.04. The monoisotopic (exact) mass is 204 g/mol. The fourth-order valence-corrected chi connectivity index (χ4v) is 1.05. The predicted molar refractivity (Wildman–Crippen MR) is 54.3 cm³/mol. The summed E-state index contributed by atoms with van der Waals surface area (Å²) in [4.78, 5) is 10.0. The molecule has 0 fully saturated rings. The molecule has 13 heavy (non-hydrogen) atoms. The van der Waals surface area contributed by atoms with E-state index in [2.05, 4.69) is 0 Å². The average molecular weight is 204 g/mol. The summed E-state index contributed by atoms with van der Waals surface area (Å²) < 4.78 is 0. The molecule has 3 heteroatoms. The summed E-state index contributed by atoms with van der Waals surface area (Å²) in [6.07, 6.45) is 3.33. The van der Waals surface area contributed by atoms with E-state index in [1.165, 1.54) is 0 Å². The van der Waals surface area contributed by atoms with Crippen LogP contribution in [0.2, 0.25) is 0 Å². The molecular formula is C10H13KO2. The molecule has 0 spiro atoms. The number of phenols is 1. The van der Waals surface area contributed by atoms with Gasteiger partial charge in [0.1, 0.15) is 12.0 Å². The quantitative estimate of drug-likeness (QED) is 0.455. The molecule has 1 aromatic rings. The standard InChI is InChI=1S/C10H12O2.K.H/c11-8-2-1-3-9-4-6-10(12)7-5-9;;/h4-8,12H,1-3H2;;. The SMILES string of the molecule is O=CCCCc1ccc(O)cc1.[KH]. The van der Waals surface area contributed by atoms with Crippen LogP contribution in [0.15, 0.2) is 24.3 Å². The van der Waals surface area contributed by atoms with E-state index in [1.54, 1.807) is 12.1 Å². The Balaban J connectivity index is 0.00000144. The van der Waals surface area contributed by atoms with E-state index in [4.69, 9.17) is 5.11 Å². The van der Waals surface area contributed by atoms with Crippen molar-refractivity contribution in [3.8, 4) is 5.75 Å². The number of rotatable bonds is 4. The zero-order valence-electron chi connectivity index (χ0n) is 6.86. The summed E-state index contributed by atoms with van der Waals surface area (Å²) in [5.41, 5.74) is 1.16. The molecule has 0 aliphatic carbocycles. The fourth-order valence-electron chi connectivity index (χ4n) is 1.05. The molecule has 2 nitrogen and oxygen atoms in total. The zero-order chi connectivity index (χ0) is 8.81. The van der Waals surface area contributed by atoms with Crippen LogP contribution in [0.25, 0.3) is 0 Å². The first-order chi connectivity index (χ1) is 5.83. The van der Waals surface area contributed by atoms with E-state index in [0.717, 1.165) is 24.7 Å². The first-order valence-electron chi connectivity index (χ1n) is 4.04. The van der Waals surface area contributed by atoms with Crippen molar-refractivity contribution < 1.29 is 9.90 Å². The van der Waals surface area contributed by atoms with Gasteiger partial charge in [0.25, 0.3) is 0 Å². The number of unbranched alkanes of at least 4 members (excludes halogenated alkanes) is 1. The average Bonchev–Trinajstić information content (AvgIpc) is 2.09. The van der Waals surface area contributed by atoms with Gasteiger partial charge in [-0.15, -0.1) is 0 Å². The van der Waals surface area contributed by atoms with Gasteiger partial charge in [0.2, 0.25) is 0 Å². The van der Waals surface area contributed by atoms with Crippen molar-refractivity contribution in [3.05, 3.63) is 29.8 Å². The fraction of sp³-hybridized carbons (Fsp3) is 0.300. The van der Waals surface area contributed by atoms with Crippen molar-refractivity contribution >= 4 is 57.7 Å². The minimum atomic E-state index is 0. The molecular weight excluding hydrogens is 191 g/mol. The topological polar surface area (TPSA) is 37.3 Å². The third-order valence-corrected chi connectivity index (χ3v) is 1.72. The number of aryl methyl sites for hydroxylation is 1. The van der Waals surface area contributed by atoms with Gasteiger partial charge >= 0.3 is 51.4 Å². The number of carbonyl (C=O) groups excluding carboxylic acids is 1. The van der Waals surface area contributed by atoms with E-state index in [1.807, 2.05) is 12.1 Å². The summed E-state index contributed by atoms with van der Waals surface area (Å²) in [7, 11) is 0. The number of aromatic hydroxyl groups is 1. The molecule has 0 bridgehead atoms. The Kier molecular flexibility index (Phi) is 7.90. The molecule has 0 atom stereocenters. The summed E-state index contributed by atoms with van der Waals surface area (Å²) in [5.74, 6) is 0.286. The van der Waals surface area contributed by atoms with E-state index >= 15 is 0 Å². The Morgan fingerprint density at radius 1 is 1.23 bits per heavy atom. The molecule has 1 rings (SSSR count). The van der Waals surface area contributed by atoms with Gasteiger partial charge in [-0.25, -0.2) is 0 Å². The molecule has 0 aliphatic heterocycles. The Hall–Kier alpha value is 0.326. The number of hydrogen-bond donors (Lipinski definition) is 1. The van der Waals surface area contributed by atoms with Crippen LogP contribution in [0.5, 0.6) is 5.75 Å². The van der Waals surface area contributed by atoms with Gasteiger partial charge in [0.05, 0.1) is 0 Å². The van der Waals surface area contributed by atoms with Crippen LogP contribution in [-0.2, 0) is 11.2 Å². The number of phenolic OH excluding ortho intramolecular Hbond substituents is 1. The summed E-state index contributed by atoms with van der Waals surface area (Å²) in [6.45, 7) is 0. The summed E-state index contributed by atoms with van der Waals surface area (Å²) in [6, 6.07) is 7.08. The van der Waals surface area contributed by atoms with Crippen LogP contribution < -0.4 is 0 Å². The van der Waals surface area contributed by atoms with Crippen LogP contribution in [-0.4, -0.2) is 62.8 Å². The van der Waals surface area contributed by atoms with Crippen LogP contribution >= 0.6 is 0 Å². The minimum absolute atomic E-state index is 0. The van der Waals surface area contributed by atoms with Gasteiger partial charge < -0.3 is 9.90 Å². The van der Waals surface area contributed by atoms with E-state index in [0.29, 0.717) is 6.42 Å². The van der Waals surface area contributed by atoms with Crippen molar-refractivity contribution in [2.45, 2.75) is 19.3 Å². The van der Waals surface area contributed by atoms with Crippen molar-refractivity contribution in [2.24, 2.45) is 0 Å². The maximum absolute atomic E-state index is 10.0. The van der Waals surface area contributed by atoms with Crippen molar-refractivity contribution in [2.75, 3.05) is 0 Å². The summed E-state index contributed by atoms with van der Waals surface area (Å²) >= 11 is 0. The Morgan fingerprint density at radius 3 is 2.38 bits per heavy atom. The van der Waals surface area contributed by atoms with Crippen LogP contribution in [0.3, 0.4) is 0 Å². The number of carbonyl (C=O) groups is 1. The molecule has 1 aromatic carbocycles. The molecule has 0 heterocycles. The second kappa shape index (κ2) is 7.70. The third-order valence-electron chi connectivity index (χ3n) is 1.72. The molecule has 0 radical (unpaired) electrons. The third kappa shape index (κ3) is 5.60. The Morgan fingerprint density at radius 2 is 1.85 bits per heavy atom. The molecule has 1 N–H and O–H groups in total. The van der Waals surface area contributed by atoms with Crippen LogP contribution in [0.1, 0.15) is 18.4 Å². The van der Waals surface area contributed by atoms with Gasteiger partial charge in [-0.1, -0.05) is 12.1 Å². The first kappa shape index (κ1) is 13.3. The van der Waals surface area contributed by atoms with Gasteiger partial charge in [-0.2, -0.15) is 0 Å². The number of aldehydes is 1. The second-order valence-electron chi connectivity index (χ2n) is 2.73. The second-order valence-corrected chi connectivity index (χ2v) is 2.73. The maximum atomic E-state index is 10.0. The summed E-state index contributed by atoms with van der Waals surface area (Å²) in [5, 5.41) is 8.97. The molecule has 0 saturated heterocycles. The zero-order valence-corrected chi connectivity index (χ0v) is 6.86. The molecule has 0 unspecified atom stereocenters. The molecule has 0 saturated carbocycles. The Bertz CT molecular complexity index is 244. The molecule has 0 aliphatic rings. The van der Waals surface area contributed by atoms with E-state index in [-0.39, 0.29) is 57.1 Å². The normalized spacial score (nSPS) is 8.92. The van der Waals surface area contributed by atoms with Gasteiger partial charge in [0, 0.05) is 6.42 Å². The van der Waals surface area contributed by atoms with Crippen molar-refractivity contribution in [1.29, 1.82) is 0 Å². The van der Waals surface area contributed by atoms with Crippen LogP contribution in [0, 0.1) is 0 Å². The van der Waals surface area contributed by atoms with E-state index in [9.17, 15) is 4.79 Å². The van der Waals surface area contributed by atoms with Gasteiger partial charge in [-0.05, 0) is 30.5 Å². The van der Waals surface area contributed by atoms with Gasteiger partial charge in [-0.3, -0.25) is 0 Å². The van der Waals surface area contributed by atoms with Gasteiger partial charge in [0.15, 0.2) is 0 Å². The molecule has 66 valence electrons. The van der Waals surface area contributed by atoms with Crippen molar-refractivity contribution in [1.82, 2.24) is 0 Å². The van der Waals surface area contributed by atoms with Crippen molar-refractivity contribution in [3.63, 3.8) is 0 Å². The number of benzene rings is 1. The number of hydrogen-bond acceptors (Lipinski definition) is 2. The van der Waals surface area contributed by atoms with Crippen LogP contribution in [0.4, 0.5) is 0 Å². The van der Waals surface area contributed by atoms with E-state index < -0.39 is 0 Å².